The molecule has 0 heterocycles. The average Bonchev–Trinajstić information content (AvgIpc) is 2.86. The molecule has 0 aromatic heterocycles. The lowest BCUT2D eigenvalue weighted by Crippen LogP contribution is -2.16. The number of hydrogen-bond donors (Lipinski definition) is 2. The van der Waals surface area contributed by atoms with E-state index in [4.69, 9.17) is 9.68 Å². The fourth-order valence-corrected chi connectivity index (χ4v) is 3.29. The van der Waals surface area contributed by atoms with Crippen LogP contribution < -0.4 is 10.6 Å². The van der Waals surface area contributed by atoms with Crippen LogP contribution in [-0.2, 0) is 9.68 Å². The van der Waals surface area contributed by atoms with E-state index in [2.05, 4.69) is 20.9 Å². The molecule has 0 atom stereocenters. The number of fused-ring (bicyclic) bond motifs is 2. The maximum absolute atomic E-state index is 12.2. The largest absolute Gasteiger partial charge is 0.437 e. The van der Waals surface area contributed by atoms with Crippen LogP contribution in [0.25, 0.3) is 21.5 Å². The summed E-state index contributed by atoms with van der Waals surface area (Å²) < 4.78 is 0. The highest BCUT2D eigenvalue weighted by Gasteiger charge is 2.09. The van der Waals surface area contributed by atoms with Gasteiger partial charge in [-0.05, 0) is 36.8 Å². The Labute approximate surface area is 195 Å². The van der Waals surface area contributed by atoms with E-state index in [1.807, 2.05) is 72.8 Å². The van der Waals surface area contributed by atoms with Crippen molar-refractivity contribution in [1.82, 2.24) is 0 Å². The number of anilines is 2. The minimum Gasteiger partial charge on any atom is -0.297 e. The molecule has 170 valence electrons. The zero-order valence-electron chi connectivity index (χ0n) is 18.6. The number of nitrogens with zero attached hydrogens (tertiary/aromatic N) is 2. The van der Waals surface area contributed by atoms with E-state index in [0.29, 0.717) is 11.4 Å². The van der Waals surface area contributed by atoms with Gasteiger partial charge in [-0.2, -0.15) is 0 Å². The standard InChI is InChI=1S/C26H22N4O4/c1-17(29-33-25(31)27-23-15-7-11-19-9-3-5-13-21(19)23)18(2)30-34-26(32)28-24-16-8-12-20-10-4-6-14-22(20)24/h3-16H,1-2H3,(H,27,31)(H,28,32)/b29-17-,30-18-. The zero-order valence-corrected chi connectivity index (χ0v) is 18.6. The number of benzene rings is 4. The number of amides is 2. The minimum atomic E-state index is -0.752. The number of oxime groups is 2. The van der Waals surface area contributed by atoms with Crippen molar-refractivity contribution >= 4 is 56.5 Å². The third-order valence-corrected chi connectivity index (χ3v) is 5.11. The molecule has 0 aliphatic heterocycles. The Morgan fingerprint density at radius 2 is 0.971 bits per heavy atom. The van der Waals surface area contributed by atoms with E-state index >= 15 is 0 Å². The van der Waals surface area contributed by atoms with Crippen molar-refractivity contribution in [3.8, 4) is 0 Å². The summed E-state index contributed by atoms with van der Waals surface area (Å²) in [6, 6.07) is 26.4. The summed E-state index contributed by atoms with van der Waals surface area (Å²) in [6.07, 6.45) is -1.50. The van der Waals surface area contributed by atoms with Gasteiger partial charge in [-0.1, -0.05) is 83.1 Å². The maximum Gasteiger partial charge on any atom is 0.437 e. The molecule has 0 saturated heterocycles. The molecule has 4 aromatic rings. The monoisotopic (exact) mass is 454 g/mol. The van der Waals surface area contributed by atoms with Crippen LogP contribution in [0.15, 0.2) is 95.2 Å². The lowest BCUT2D eigenvalue weighted by atomic mass is 10.1. The van der Waals surface area contributed by atoms with Gasteiger partial charge in [-0.25, -0.2) is 9.59 Å². The molecular weight excluding hydrogens is 432 g/mol. The summed E-state index contributed by atoms with van der Waals surface area (Å²) in [5.41, 5.74) is 1.75. The van der Waals surface area contributed by atoms with Crippen LogP contribution in [-0.4, -0.2) is 23.6 Å². The molecule has 2 amide bonds. The van der Waals surface area contributed by atoms with Gasteiger partial charge in [0.2, 0.25) is 0 Å². The van der Waals surface area contributed by atoms with Crippen LogP contribution in [0.1, 0.15) is 13.8 Å². The predicted octanol–water partition coefficient (Wildman–Crippen LogP) is 6.54. The molecule has 0 radical (unpaired) electrons. The predicted molar refractivity (Wildman–Crippen MR) is 134 cm³/mol. The molecule has 4 aromatic carbocycles. The van der Waals surface area contributed by atoms with Crippen molar-refractivity contribution in [3.05, 3.63) is 84.9 Å². The first-order valence-electron chi connectivity index (χ1n) is 10.5. The van der Waals surface area contributed by atoms with E-state index in [-0.39, 0.29) is 11.4 Å². The van der Waals surface area contributed by atoms with Gasteiger partial charge < -0.3 is 0 Å². The molecule has 2 N–H and O–H groups in total. The highest BCUT2D eigenvalue weighted by atomic mass is 16.7. The Bertz CT molecular complexity index is 1310. The summed E-state index contributed by atoms with van der Waals surface area (Å²) in [5.74, 6) is 0. The molecule has 0 aliphatic carbocycles. The fraction of sp³-hybridized carbons (Fsp3) is 0.0769. The molecular formula is C26H22N4O4. The summed E-state index contributed by atoms with van der Waals surface area (Å²) in [4.78, 5) is 34.2. The van der Waals surface area contributed by atoms with E-state index < -0.39 is 12.2 Å². The second kappa shape index (κ2) is 10.3. The number of nitrogens with one attached hydrogen (secondary N) is 2. The molecule has 4 rings (SSSR count). The summed E-state index contributed by atoms with van der Waals surface area (Å²) in [5, 5.41) is 16.6. The second-order valence-corrected chi connectivity index (χ2v) is 7.41. The van der Waals surface area contributed by atoms with Crippen LogP contribution >= 0.6 is 0 Å². The molecule has 0 fully saturated rings. The van der Waals surface area contributed by atoms with Gasteiger partial charge >= 0.3 is 12.2 Å². The van der Waals surface area contributed by atoms with E-state index in [0.717, 1.165) is 21.5 Å². The van der Waals surface area contributed by atoms with Gasteiger partial charge in [0.25, 0.3) is 0 Å². The average molecular weight is 454 g/mol. The van der Waals surface area contributed by atoms with Crippen LogP contribution in [0.4, 0.5) is 21.0 Å². The SMILES string of the molecule is CC(=N/OC(=O)Nc1cccc2ccccc12)/C(C)=N\OC(=O)Nc1cccc2ccccc12. The van der Waals surface area contributed by atoms with Gasteiger partial charge in [0.05, 0.1) is 11.4 Å². The second-order valence-electron chi connectivity index (χ2n) is 7.41. The third-order valence-electron chi connectivity index (χ3n) is 5.11. The van der Waals surface area contributed by atoms with Crippen LogP contribution in [0.3, 0.4) is 0 Å². The van der Waals surface area contributed by atoms with Gasteiger partial charge in [0.1, 0.15) is 11.4 Å². The number of carbonyl (C=O) groups excluding carboxylic acids is 2. The first-order chi connectivity index (χ1) is 16.5. The molecule has 0 bridgehead atoms. The fourth-order valence-electron chi connectivity index (χ4n) is 3.29. The highest BCUT2D eigenvalue weighted by Crippen LogP contribution is 2.24. The molecule has 34 heavy (non-hydrogen) atoms. The maximum atomic E-state index is 12.2. The Morgan fingerprint density at radius 3 is 1.41 bits per heavy atom. The van der Waals surface area contributed by atoms with Crippen LogP contribution in [0.2, 0.25) is 0 Å². The van der Waals surface area contributed by atoms with Crippen molar-refractivity contribution in [2.45, 2.75) is 13.8 Å². The quantitative estimate of drug-likeness (QED) is 0.203. The first-order valence-corrected chi connectivity index (χ1v) is 10.5. The van der Waals surface area contributed by atoms with Crippen molar-refractivity contribution in [3.63, 3.8) is 0 Å². The van der Waals surface area contributed by atoms with Gasteiger partial charge in [0, 0.05) is 10.8 Å². The van der Waals surface area contributed by atoms with Gasteiger partial charge in [-0.3, -0.25) is 20.3 Å². The van der Waals surface area contributed by atoms with Gasteiger partial charge in [-0.15, -0.1) is 0 Å². The van der Waals surface area contributed by atoms with Crippen LogP contribution in [0.5, 0.6) is 0 Å². The lowest BCUT2D eigenvalue weighted by molar-refractivity contribution is 0.164. The van der Waals surface area contributed by atoms with Crippen molar-refractivity contribution < 1.29 is 19.3 Å². The smallest absolute Gasteiger partial charge is 0.297 e. The Kier molecular flexibility index (Phi) is 6.78. The number of hydrogen-bond acceptors (Lipinski definition) is 6. The van der Waals surface area contributed by atoms with Crippen molar-refractivity contribution in [2.75, 3.05) is 10.6 Å². The Morgan fingerprint density at radius 1 is 0.588 bits per heavy atom. The van der Waals surface area contributed by atoms with Crippen molar-refractivity contribution in [1.29, 1.82) is 0 Å². The normalized spacial score (nSPS) is 11.8. The molecule has 0 saturated carbocycles. The third kappa shape index (κ3) is 5.36. The molecule has 0 aliphatic rings. The molecule has 8 heteroatoms. The van der Waals surface area contributed by atoms with E-state index in [9.17, 15) is 9.59 Å². The molecule has 0 spiro atoms. The summed E-state index contributed by atoms with van der Waals surface area (Å²) in [7, 11) is 0. The zero-order chi connectivity index (χ0) is 23.9. The Hall–Kier alpha value is -4.72. The summed E-state index contributed by atoms with van der Waals surface area (Å²) >= 11 is 0. The topological polar surface area (TPSA) is 101 Å². The highest BCUT2D eigenvalue weighted by molar-refractivity contribution is 6.40. The number of rotatable bonds is 5. The van der Waals surface area contributed by atoms with Gasteiger partial charge in [0.15, 0.2) is 0 Å². The first kappa shape index (κ1) is 22.5. The van der Waals surface area contributed by atoms with Crippen LogP contribution in [0, 0.1) is 0 Å². The summed E-state index contributed by atoms with van der Waals surface area (Å²) in [6.45, 7) is 3.16. The Balaban J connectivity index is 1.34. The lowest BCUT2D eigenvalue weighted by Gasteiger charge is -2.08. The van der Waals surface area contributed by atoms with E-state index in [1.54, 1.807) is 26.0 Å². The molecule has 0 unspecified atom stereocenters. The van der Waals surface area contributed by atoms with E-state index in [1.165, 1.54) is 0 Å². The van der Waals surface area contributed by atoms with Crippen molar-refractivity contribution in [2.24, 2.45) is 10.3 Å². The minimum absolute atomic E-state index is 0.269. The molecule has 8 nitrogen and oxygen atoms in total. The number of carbonyl (C=O) groups is 2.